The molecule has 1 atom stereocenters. The van der Waals surface area contributed by atoms with Crippen LogP contribution in [0.2, 0.25) is 0 Å². The molecule has 0 aliphatic carbocycles. The van der Waals surface area contributed by atoms with Crippen molar-refractivity contribution in [3.8, 4) is 0 Å². The number of ether oxygens (including phenoxy) is 1. The highest BCUT2D eigenvalue weighted by molar-refractivity contribution is 5.98. The quantitative estimate of drug-likeness (QED) is 0.852. The van der Waals surface area contributed by atoms with Crippen LogP contribution in [-0.2, 0) is 9.53 Å². The summed E-state index contributed by atoms with van der Waals surface area (Å²) in [5, 5.41) is 2.39. The van der Waals surface area contributed by atoms with E-state index in [1.807, 2.05) is 0 Å². The Morgan fingerprint density at radius 1 is 1.37 bits per heavy atom. The van der Waals surface area contributed by atoms with Crippen LogP contribution in [0.4, 0.5) is 8.78 Å². The van der Waals surface area contributed by atoms with Crippen LogP contribution in [0.25, 0.3) is 0 Å². The number of rotatable bonds is 4. The summed E-state index contributed by atoms with van der Waals surface area (Å²) in [5.41, 5.74) is -1.59. The Balaban J connectivity index is 2.98. The molecular weight excluding hydrogens is 256 g/mol. The zero-order chi connectivity index (χ0) is 14.6. The van der Waals surface area contributed by atoms with Crippen LogP contribution in [0, 0.1) is 11.6 Å². The summed E-state index contributed by atoms with van der Waals surface area (Å²) in [5.74, 6) is -3.20. The van der Waals surface area contributed by atoms with Gasteiger partial charge < -0.3 is 10.1 Å². The Bertz CT molecular complexity index is 505. The van der Waals surface area contributed by atoms with E-state index in [1.54, 1.807) is 6.92 Å². The lowest BCUT2D eigenvalue weighted by atomic mass is 9.98. The molecule has 1 rings (SSSR count). The van der Waals surface area contributed by atoms with E-state index in [9.17, 15) is 18.4 Å². The van der Waals surface area contributed by atoms with Crippen molar-refractivity contribution in [2.75, 3.05) is 7.11 Å². The molecule has 0 fully saturated rings. The van der Waals surface area contributed by atoms with Crippen molar-refractivity contribution in [2.24, 2.45) is 0 Å². The second-order valence-corrected chi connectivity index (χ2v) is 4.26. The molecule has 0 heterocycles. The van der Waals surface area contributed by atoms with Crippen molar-refractivity contribution < 1.29 is 23.1 Å². The molecule has 6 heteroatoms. The monoisotopic (exact) mass is 271 g/mol. The first-order chi connectivity index (χ1) is 8.84. The van der Waals surface area contributed by atoms with Gasteiger partial charge in [-0.2, -0.15) is 0 Å². The van der Waals surface area contributed by atoms with E-state index in [-0.39, 0.29) is 12.0 Å². The van der Waals surface area contributed by atoms with Gasteiger partial charge in [0.2, 0.25) is 0 Å². The van der Waals surface area contributed by atoms with E-state index in [2.05, 4.69) is 10.1 Å². The first-order valence-corrected chi connectivity index (χ1v) is 5.70. The minimum Gasteiger partial charge on any atom is -0.467 e. The molecule has 1 N–H and O–H groups in total. The molecule has 0 saturated heterocycles. The van der Waals surface area contributed by atoms with Gasteiger partial charge in [-0.3, -0.25) is 4.79 Å². The third-order valence-electron chi connectivity index (χ3n) is 2.91. The largest absolute Gasteiger partial charge is 0.467 e. The van der Waals surface area contributed by atoms with Gasteiger partial charge in [-0.15, -0.1) is 0 Å². The lowest BCUT2D eigenvalue weighted by Gasteiger charge is -2.26. The first-order valence-electron chi connectivity index (χ1n) is 5.70. The highest BCUT2D eigenvalue weighted by Crippen LogP contribution is 2.15. The van der Waals surface area contributed by atoms with Crippen LogP contribution in [0.1, 0.15) is 30.6 Å². The number of halogens is 2. The number of carbonyl (C=O) groups excluding carboxylic acids is 2. The van der Waals surface area contributed by atoms with E-state index >= 15 is 0 Å². The Labute approximate surface area is 109 Å². The number of hydrogen-bond donors (Lipinski definition) is 1. The zero-order valence-electron chi connectivity index (χ0n) is 10.9. The topological polar surface area (TPSA) is 55.4 Å². The lowest BCUT2D eigenvalue weighted by molar-refractivity contribution is -0.147. The third-order valence-corrected chi connectivity index (χ3v) is 2.91. The van der Waals surface area contributed by atoms with Crippen molar-refractivity contribution >= 4 is 11.9 Å². The second-order valence-electron chi connectivity index (χ2n) is 4.26. The fraction of sp³-hybridized carbons (Fsp3) is 0.385. The molecule has 1 aromatic rings. The number of carbonyl (C=O) groups is 2. The van der Waals surface area contributed by atoms with Crippen LogP contribution in [0.5, 0.6) is 0 Å². The fourth-order valence-electron chi connectivity index (χ4n) is 1.50. The molecule has 0 bridgehead atoms. The molecule has 0 unspecified atom stereocenters. The summed E-state index contributed by atoms with van der Waals surface area (Å²) in [7, 11) is 1.20. The summed E-state index contributed by atoms with van der Waals surface area (Å²) in [6.45, 7) is 3.15. The third kappa shape index (κ3) is 3.27. The van der Waals surface area contributed by atoms with Crippen molar-refractivity contribution in [1.29, 1.82) is 0 Å². The van der Waals surface area contributed by atoms with E-state index in [0.29, 0.717) is 6.07 Å². The summed E-state index contributed by atoms with van der Waals surface area (Å²) in [6.07, 6.45) is 0.272. The Morgan fingerprint density at radius 3 is 2.47 bits per heavy atom. The highest BCUT2D eigenvalue weighted by atomic mass is 19.1. The maximum atomic E-state index is 13.4. The molecule has 1 aromatic carbocycles. The summed E-state index contributed by atoms with van der Waals surface area (Å²) in [4.78, 5) is 23.5. The first kappa shape index (κ1) is 15.1. The molecule has 0 aliphatic heterocycles. The van der Waals surface area contributed by atoms with Gasteiger partial charge in [-0.25, -0.2) is 13.6 Å². The highest BCUT2D eigenvalue weighted by Gasteiger charge is 2.34. The second kappa shape index (κ2) is 5.77. The van der Waals surface area contributed by atoms with Crippen molar-refractivity contribution in [3.05, 3.63) is 35.4 Å². The normalized spacial score (nSPS) is 13.5. The molecule has 0 saturated carbocycles. The summed E-state index contributed by atoms with van der Waals surface area (Å²) in [6, 6.07) is 2.60. The van der Waals surface area contributed by atoms with Gasteiger partial charge in [0.1, 0.15) is 17.2 Å². The van der Waals surface area contributed by atoms with Crippen molar-refractivity contribution in [1.82, 2.24) is 5.32 Å². The molecule has 1 amide bonds. The number of esters is 1. The molecule has 104 valence electrons. The van der Waals surface area contributed by atoms with Crippen LogP contribution in [0.3, 0.4) is 0 Å². The van der Waals surface area contributed by atoms with E-state index in [0.717, 1.165) is 12.1 Å². The Hall–Kier alpha value is -1.98. The molecule has 4 nitrogen and oxygen atoms in total. The maximum absolute atomic E-state index is 13.4. The number of methoxy groups -OCH3 is 1. The van der Waals surface area contributed by atoms with Gasteiger partial charge >= 0.3 is 5.97 Å². The predicted octanol–water partition coefficient (Wildman–Crippen LogP) is 2.04. The molecule has 0 radical (unpaired) electrons. The predicted molar refractivity (Wildman–Crippen MR) is 64.5 cm³/mol. The van der Waals surface area contributed by atoms with Gasteiger partial charge in [-0.1, -0.05) is 6.92 Å². The minimum absolute atomic E-state index is 0.272. The van der Waals surface area contributed by atoms with Crippen LogP contribution >= 0.6 is 0 Å². The standard InChI is InChI=1S/C13H15F2NO3/c1-4-13(2,12(18)19-3)16-11(17)9-6-5-8(14)7-10(9)15/h5-7H,4H2,1-3H3,(H,16,17)/t13-/m0/s1. The Kier molecular flexibility index (Phi) is 4.58. The number of hydrogen-bond acceptors (Lipinski definition) is 3. The molecule has 0 aromatic heterocycles. The number of nitrogens with one attached hydrogen (secondary N) is 1. The molecular formula is C13H15F2NO3. The van der Waals surface area contributed by atoms with E-state index in [4.69, 9.17) is 0 Å². The van der Waals surface area contributed by atoms with Gasteiger partial charge in [0.15, 0.2) is 0 Å². The van der Waals surface area contributed by atoms with Crippen LogP contribution < -0.4 is 5.32 Å². The van der Waals surface area contributed by atoms with Crippen LogP contribution in [0.15, 0.2) is 18.2 Å². The molecule has 0 aliphatic rings. The van der Waals surface area contributed by atoms with Crippen molar-refractivity contribution in [3.63, 3.8) is 0 Å². The lowest BCUT2D eigenvalue weighted by Crippen LogP contribution is -2.52. The zero-order valence-corrected chi connectivity index (χ0v) is 10.9. The summed E-state index contributed by atoms with van der Waals surface area (Å²) < 4.78 is 30.8. The van der Waals surface area contributed by atoms with E-state index in [1.165, 1.54) is 14.0 Å². The van der Waals surface area contributed by atoms with Crippen LogP contribution in [-0.4, -0.2) is 24.5 Å². The van der Waals surface area contributed by atoms with Gasteiger partial charge in [0, 0.05) is 6.07 Å². The van der Waals surface area contributed by atoms with Crippen molar-refractivity contribution in [2.45, 2.75) is 25.8 Å². The Morgan fingerprint density at radius 2 is 2.00 bits per heavy atom. The number of amides is 1. The average molecular weight is 271 g/mol. The maximum Gasteiger partial charge on any atom is 0.331 e. The average Bonchev–Trinajstić information content (AvgIpc) is 2.37. The number of benzene rings is 1. The van der Waals surface area contributed by atoms with E-state index < -0.39 is 29.0 Å². The van der Waals surface area contributed by atoms with Gasteiger partial charge in [0.05, 0.1) is 12.7 Å². The SMILES string of the molecule is CC[C@](C)(NC(=O)c1ccc(F)cc1F)C(=O)OC. The molecule has 19 heavy (non-hydrogen) atoms. The van der Waals surface area contributed by atoms with Gasteiger partial charge in [0.25, 0.3) is 5.91 Å². The van der Waals surface area contributed by atoms with Gasteiger partial charge in [-0.05, 0) is 25.5 Å². The molecule has 0 spiro atoms. The minimum atomic E-state index is -1.26. The fourth-order valence-corrected chi connectivity index (χ4v) is 1.50. The summed E-state index contributed by atoms with van der Waals surface area (Å²) >= 11 is 0. The smallest absolute Gasteiger partial charge is 0.331 e.